The van der Waals surface area contributed by atoms with Crippen LogP contribution in [0.1, 0.15) is 6.42 Å². The van der Waals surface area contributed by atoms with E-state index in [1.807, 2.05) is 30.5 Å². The van der Waals surface area contributed by atoms with Gasteiger partial charge in [-0.3, -0.25) is 4.79 Å². The highest BCUT2D eigenvalue weighted by molar-refractivity contribution is 7.98. The third-order valence-corrected chi connectivity index (χ3v) is 3.10. The van der Waals surface area contributed by atoms with Gasteiger partial charge < -0.3 is 4.90 Å². The molecule has 0 aromatic heterocycles. The first-order valence-electron chi connectivity index (χ1n) is 4.66. The summed E-state index contributed by atoms with van der Waals surface area (Å²) in [6.45, 7) is 0. The highest BCUT2D eigenvalue weighted by Gasteiger charge is 2.12. The van der Waals surface area contributed by atoms with Crippen LogP contribution in [0.4, 0.5) is 5.69 Å². The van der Waals surface area contributed by atoms with Crippen molar-refractivity contribution in [3.8, 4) is 0 Å². The summed E-state index contributed by atoms with van der Waals surface area (Å²) in [6.07, 6.45) is 2.37. The molecule has 0 spiro atoms. The first-order valence-corrected chi connectivity index (χ1v) is 6.42. The lowest BCUT2D eigenvalue weighted by Crippen LogP contribution is -2.26. The summed E-state index contributed by atoms with van der Waals surface area (Å²) >= 11 is 7.18. The Morgan fingerprint density at radius 2 is 2.13 bits per heavy atom. The lowest BCUT2D eigenvalue weighted by Gasteiger charge is -2.19. The molecule has 1 amide bonds. The van der Waals surface area contributed by atoms with Crippen molar-refractivity contribution >= 4 is 35.0 Å². The summed E-state index contributed by atoms with van der Waals surface area (Å²) in [6, 6.07) is 7.84. The van der Waals surface area contributed by atoms with E-state index in [4.69, 9.17) is 11.6 Å². The molecule has 0 saturated carbocycles. The lowest BCUT2D eigenvalue weighted by atomic mass is 10.3. The van der Waals surface area contributed by atoms with Crippen LogP contribution in [0.3, 0.4) is 0 Å². The van der Waals surface area contributed by atoms with Gasteiger partial charge in [0.15, 0.2) is 0 Å². The molecule has 1 aromatic carbocycles. The first-order chi connectivity index (χ1) is 7.20. The number of hydrogen-bond acceptors (Lipinski definition) is 2. The number of carbonyl (C=O) groups excluding carboxylic acids is 1. The Balaban J connectivity index is 2.89. The number of thioether (sulfide) groups is 1. The Bertz CT molecular complexity index is 343. The molecule has 0 heterocycles. The van der Waals surface area contributed by atoms with Crippen molar-refractivity contribution < 1.29 is 4.79 Å². The number of anilines is 1. The molecular weight excluding hydrogens is 230 g/mol. The predicted octanol–water partition coefficient (Wildman–Crippen LogP) is 3.00. The van der Waals surface area contributed by atoms with E-state index in [2.05, 4.69) is 0 Å². The Labute approximate surface area is 99.6 Å². The van der Waals surface area contributed by atoms with Crippen LogP contribution in [0.25, 0.3) is 0 Å². The molecule has 82 valence electrons. The molecule has 0 aliphatic heterocycles. The smallest absolute Gasteiger partial charge is 0.227 e. The molecule has 0 saturated heterocycles. The molecule has 4 heteroatoms. The van der Waals surface area contributed by atoms with E-state index in [9.17, 15) is 4.79 Å². The van der Waals surface area contributed by atoms with Gasteiger partial charge in [0.2, 0.25) is 5.91 Å². The Morgan fingerprint density at radius 3 is 2.73 bits per heavy atom. The third-order valence-electron chi connectivity index (χ3n) is 2.13. The normalized spacial score (nSPS) is 10.1. The summed E-state index contributed by atoms with van der Waals surface area (Å²) in [4.78, 5) is 14.4. The van der Waals surface area contributed by atoms with Crippen molar-refractivity contribution in [1.29, 1.82) is 0 Å². The maximum Gasteiger partial charge on any atom is 0.227 e. The molecule has 0 radical (unpaired) electrons. The lowest BCUT2D eigenvalue weighted by molar-refractivity contribution is -0.117. The van der Waals surface area contributed by atoms with Gasteiger partial charge in [0.1, 0.15) is 0 Å². The molecule has 0 aliphatic carbocycles. The van der Waals surface area contributed by atoms with Gasteiger partial charge in [-0.05, 0) is 18.4 Å². The third kappa shape index (κ3) is 3.14. The van der Waals surface area contributed by atoms with Gasteiger partial charge in [-0.15, -0.1) is 23.4 Å². The number of alkyl halides is 1. The van der Waals surface area contributed by atoms with Crippen molar-refractivity contribution in [2.24, 2.45) is 0 Å². The topological polar surface area (TPSA) is 20.3 Å². The van der Waals surface area contributed by atoms with E-state index in [1.165, 1.54) is 0 Å². The number of benzene rings is 1. The average Bonchev–Trinajstić information content (AvgIpc) is 2.28. The van der Waals surface area contributed by atoms with Crippen LogP contribution < -0.4 is 4.90 Å². The van der Waals surface area contributed by atoms with Gasteiger partial charge in [-0.25, -0.2) is 0 Å². The summed E-state index contributed by atoms with van der Waals surface area (Å²) in [5.74, 6) is 0.413. The SMILES string of the molecule is CSc1ccccc1N(C)C(=O)CCCl. The second-order valence-electron chi connectivity index (χ2n) is 3.06. The van der Waals surface area contributed by atoms with Crippen molar-refractivity contribution in [3.63, 3.8) is 0 Å². The largest absolute Gasteiger partial charge is 0.314 e. The number of hydrogen-bond donors (Lipinski definition) is 0. The van der Waals surface area contributed by atoms with Gasteiger partial charge >= 0.3 is 0 Å². The quantitative estimate of drug-likeness (QED) is 0.599. The maximum atomic E-state index is 11.6. The summed E-state index contributed by atoms with van der Waals surface area (Å²) < 4.78 is 0. The highest BCUT2D eigenvalue weighted by atomic mass is 35.5. The molecule has 0 atom stereocenters. The monoisotopic (exact) mass is 243 g/mol. The van der Waals surface area contributed by atoms with Crippen molar-refractivity contribution in [2.75, 3.05) is 24.1 Å². The molecule has 0 bridgehead atoms. The highest BCUT2D eigenvalue weighted by Crippen LogP contribution is 2.27. The molecule has 2 nitrogen and oxygen atoms in total. The van der Waals surface area contributed by atoms with Gasteiger partial charge in [0.25, 0.3) is 0 Å². The average molecular weight is 244 g/mol. The summed E-state index contributed by atoms with van der Waals surface area (Å²) in [5, 5.41) is 0. The minimum absolute atomic E-state index is 0.0477. The Hall–Kier alpha value is -0.670. The fourth-order valence-corrected chi connectivity index (χ4v) is 2.08. The zero-order valence-electron chi connectivity index (χ0n) is 8.87. The van der Waals surface area contributed by atoms with Crippen LogP contribution >= 0.6 is 23.4 Å². The fourth-order valence-electron chi connectivity index (χ4n) is 1.29. The van der Waals surface area contributed by atoms with Crippen LogP contribution in [-0.4, -0.2) is 25.1 Å². The fraction of sp³-hybridized carbons (Fsp3) is 0.364. The minimum Gasteiger partial charge on any atom is -0.314 e. The Morgan fingerprint density at radius 1 is 1.47 bits per heavy atom. The second-order valence-corrected chi connectivity index (χ2v) is 4.29. The second kappa shape index (κ2) is 6.03. The van der Waals surface area contributed by atoms with E-state index in [0.29, 0.717) is 12.3 Å². The van der Waals surface area contributed by atoms with Crippen LogP contribution in [-0.2, 0) is 4.79 Å². The number of para-hydroxylation sites is 1. The van der Waals surface area contributed by atoms with Gasteiger partial charge in [0, 0.05) is 24.2 Å². The predicted molar refractivity (Wildman–Crippen MR) is 67.0 cm³/mol. The van der Waals surface area contributed by atoms with E-state index in [1.54, 1.807) is 23.7 Å². The van der Waals surface area contributed by atoms with Crippen LogP contribution in [0.15, 0.2) is 29.2 Å². The number of nitrogens with zero attached hydrogens (tertiary/aromatic N) is 1. The van der Waals surface area contributed by atoms with E-state index in [0.717, 1.165) is 10.6 Å². The van der Waals surface area contributed by atoms with E-state index in [-0.39, 0.29) is 5.91 Å². The molecular formula is C11H14ClNOS. The molecule has 0 aliphatic rings. The van der Waals surface area contributed by atoms with Crippen LogP contribution in [0, 0.1) is 0 Å². The van der Waals surface area contributed by atoms with Crippen LogP contribution in [0.5, 0.6) is 0 Å². The van der Waals surface area contributed by atoms with E-state index >= 15 is 0 Å². The standard InChI is InChI=1S/C11H14ClNOS/c1-13(11(14)7-8-12)9-5-3-4-6-10(9)15-2/h3-6H,7-8H2,1-2H3. The van der Waals surface area contributed by atoms with Crippen molar-refractivity contribution in [2.45, 2.75) is 11.3 Å². The molecule has 1 rings (SSSR count). The van der Waals surface area contributed by atoms with Crippen molar-refractivity contribution in [1.82, 2.24) is 0 Å². The molecule has 0 unspecified atom stereocenters. The van der Waals surface area contributed by atoms with Gasteiger partial charge in [-0.1, -0.05) is 12.1 Å². The molecule has 0 fully saturated rings. The zero-order chi connectivity index (χ0) is 11.3. The van der Waals surface area contributed by atoms with Crippen molar-refractivity contribution in [3.05, 3.63) is 24.3 Å². The first kappa shape index (κ1) is 12.4. The minimum atomic E-state index is 0.0477. The maximum absolute atomic E-state index is 11.6. The molecule has 0 N–H and O–H groups in total. The van der Waals surface area contributed by atoms with Gasteiger partial charge in [-0.2, -0.15) is 0 Å². The number of carbonyl (C=O) groups is 1. The number of halogens is 1. The molecule has 1 aromatic rings. The van der Waals surface area contributed by atoms with Gasteiger partial charge in [0.05, 0.1) is 5.69 Å². The molecule has 15 heavy (non-hydrogen) atoms. The van der Waals surface area contributed by atoms with E-state index < -0.39 is 0 Å². The number of amides is 1. The zero-order valence-corrected chi connectivity index (χ0v) is 10.4. The van der Waals surface area contributed by atoms with Crippen LogP contribution in [0.2, 0.25) is 0 Å². The Kier molecular flexibility index (Phi) is 4.99. The summed E-state index contributed by atoms with van der Waals surface area (Å²) in [5.41, 5.74) is 0.945. The summed E-state index contributed by atoms with van der Waals surface area (Å²) in [7, 11) is 1.78. The number of rotatable bonds is 4.